The van der Waals surface area contributed by atoms with Crippen molar-refractivity contribution < 1.29 is 32.6 Å². The number of aliphatic carboxylic acids is 1. The van der Waals surface area contributed by atoms with E-state index in [4.69, 9.17) is 9.84 Å². The van der Waals surface area contributed by atoms with Gasteiger partial charge in [0.2, 0.25) is 5.88 Å². The summed E-state index contributed by atoms with van der Waals surface area (Å²) in [4.78, 5) is 28.0. The highest BCUT2D eigenvalue weighted by molar-refractivity contribution is 5.79. The molecular weight excluding hydrogens is 343 g/mol. The van der Waals surface area contributed by atoms with Crippen LogP contribution < -0.4 is 10.1 Å². The smallest absolute Gasteiger partial charge is 0.421 e. The third-order valence-electron chi connectivity index (χ3n) is 3.97. The molecule has 10 heteroatoms. The van der Waals surface area contributed by atoms with Crippen molar-refractivity contribution in [2.24, 2.45) is 5.41 Å². The number of likely N-dealkylation sites (tertiary alicyclic amines) is 1. The molecule has 1 aromatic heterocycles. The maximum atomic E-state index is 12.8. The number of carboxylic acid groups (broad SMARTS) is 1. The maximum Gasteiger partial charge on any atom is 0.421 e. The van der Waals surface area contributed by atoms with Crippen molar-refractivity contribution >= 4 is 12.0 Å². The summed E-state index contributed by atoms with van der Waals surface area (Å²) in [6.07, 6.45) is -3.06. The summed E-state index contributed by atoms with van der Waals surface area (Å²) < 4.78 is 43.3. The number of urea groups is 1. The minimum Gasteiger partial charge on any atom is -0.481 e. The van der Waals surface area contributed by atoms with Gasteiger partial charge in [-0.2, -0.15) is 13.2 Å². The predicted molar refractivity (Wildman–Crippen MR) is 80.1 cm³/mol. The lowest BCUT2D eigenvalue weighted by Crippen LogP contribution is -2.42. The topological polar surface area (TPSA) is 91.8 Å². The zero-order valence-electron chi connectivity index (χ0n) is 13.5. The molecule has 0 aliphatic carbocycles. The van der Waals surface area contributed by atoms with Gasteiger partial charge in [-0.05, 0) is 25.5 Å². The van der Waals surface area contributed by atoms with E-state index in [1.165, 1.54) is 11.1 Å². The van der Waals surface area contributed by atoms with Crippen LogP contribution >= 0.6 is 0 Å². The van der Waals surface area contributed by atoms with Crippen LogP contribution in [-0.4, -0.2) is 53.2 Å². The van der Waals surface area contributed by atoms with E-state index in [2.05, 4.69) is 10.3 Å². The molecule has 2 amide bonds. The Balaban J connectivity index is 1.81. The van der Waals surface area contributed by atoms with Crippen molar-refractivity contribution in [1.82, 2.24) is 15.2 Å². The first-order valence-corrected chi connectivity index (χ1v) is 7.55. The second-order valence-electron chi connectivity index (χ2n) is 5.97. The van der Waals surface area contributed by atoms with E-state index in [1.54, 1.807) is 6.92 Å². The van der Waals surface area contributed by atoms with Crippen molar-refractivity contribution in [3.05, 3.63) is 23.9 Å². The first-order chi connectivity index (χ1) is 11.6. The Kier molecular flexibility index (Phi) is 5.39. The largest absolute Gasteiger partial charge is 0.481 e. The molecule has 2 N–H and O–H groups in total. The number of carbonyl (C=O) groups is 2. The second-order valence-corrected chi connectivity index (χ2v) is 5.97. The van der Waals surface area contributed by atoms with Crippen molar-refractivity contribution in [3.8, 4) is 5.88 Å². The normalized spacial score (nSPS) is 20.4. The van der Waals surface area contributed by atoms with Crippen LogP contribution in [0.15, 0.2) is 18.3 Å². The van der Waals surface area contributed by atoms with Gasteiger partial charge in [0, 0.05) is 19.3 Å². The molecule has 1 saturated heterocycles. The van der Waals surface area contributed by atoms with Gasteiger partial charge >= 0.3 is 18.2 Å². The average Bonchev–Trinajstić information content (AvgIpc) is 2.95. The Morgan fingerprint density at radius 3 is 2.80 bits per heavy atom. The van der Waals surface area contributed by atoms with Gasteiger partial charge in [0.15, 0.2) is 0 Å². The number of nitrogens with one attached hydrogen (secondary N) is 1. The Bertz CT molecular complexity index is 653. The molecule has 0 aromatic carbocycles. The SMILES string of the molecule is CC1(C(=O)O)CCN(C(=O)NCCOc2ncccc2C(F)(F)F)C1. The first kappa shape index (κ1) is 18.8. The van der Waals surface area contributed by atoms with Crippen LogP contribution in [-0.2, 0) is 11.0 Å². The summed E-state index contributed by atoms with van der Waals surface area (Å²) >= 11 is 0. The third kappa shape index (κ3) is 4.52. The van der Waals surface area contributed by atoms with E-state index >= 15 is 0 Å². The fourth-order valence-electron chi connectivity index (χ4n) is 2.45. The lowest BCUT2D eigenvalue weighted by Gasteiger charge is -2.20. The molecule has 0 saturated carbocycles. The quantitative estimate of drug-likeness (QED) is 0.783. The minimum absolute atomic E-state index is 0.0347. The van der Waals surface area contributed by atoms with Crippen molar-refractivity contribution in [2.75, 3.05) is 26.2 Å². The molecule has 1 atom stereocenters. The number of aromatic nitrogens is 1. The van der Waals surface area contributed by atoms with Crippen molar-refractivity contribution in [3.63, 3.8) is 0 Å². The average molecular weight is 361 g/mol. The summed E-state index contributed by atoms with van der Waals surface area (Å²) in [6.45, 7) is 1.70. The van der Waals surface area contributed by atoms with Crippen LogP contribution in [0.5, 0.6) is 5.88 Å². The van der Waals surface area contributed by atoms with Crippen molar-refractivity contribution in [2.45, 2.75) is 19.5 Å². The highest BCUT2D eigenvalue weighted by Crippen LogP contribution is 2.34. The molecule has 1 aliphatic rings. The summed E-state index contributed by atoms with van der Waals surface area (Å²) in [6, 6.07) is 1.54. The number of ether oxygens (including phenoxy) is 1. The maximum absolute atomic E-state index is 12.8. The van der Waals surface area contributed by atoms with Crippen molar-refractivity contribution in [1.29, 1.82) is 0 Å². The number of hydrogen-bond acceptors (Lipinski definition) is 4. The molecule has 0 bridgehead atoms. The number of hydrogen-bond donors (Lipinski definition) is 2. The Hall–Kier alpha value is -2.52. The minimum atomic E-state index is -4.58. The number of pyridine rings is 1. The van der Waals surface area contributed by atoms with E-state index in [-0.39, 0.29) is 19.7 Å². The number of halogens is 3. The zero-order chi connectivity index (χ0) is 18.7. The first-order valence-electron chi connectivity index (χ1n) is 7.55. The summed E-state index contributed by atoms with van der Waals surface area (Å²) in [5.41, 5.74) is -1.97. The summed E-state index contributed by atoms with van der Waals surface area (Å²) in [5.74, 6) is -1.52. The van der Waals surface area contributed by atoms with E-state index in [9.17, 15) is 22.8 Å². The number of carboxylic acids is 1. The van der Waals surface area contributed by atoms with E-state index in [0.29, 0.717) is 13.0 Å². The van der Waals surface area contributed by atoms with Crippen LogP contribution in [0.4, 0.5) is 18.0 Å². The van der Waals surface area contributed by atoms with Crippen LogP contribution in [0.25, 0.3) is 0 Å². The molecule has 7 nitrogen and oxygen atoms in total. The number of rotatable bonds is 5. The monoisotopic (exact) mass is 361 g/mol. The zero-order valence-corrected chi connectivity index (χ0v) is 13.5. The molecule has 0 radical (unpaired) electrons. The van der Waals surface area contributed by atoms with Crippen LogP contribution in [0, 0.1) is 5.41 Å². The summed E-state index contributed by atoms with van der Waals surface area (Å²) in [7, 11) is 0. The van der Waals surface area contributed by atoms with E-state index in [1.807, 2.05) is 0 Å². The highest BCUT2D eigenvalue weighted by atomic mass is 19.4. The van der Waals surface area contributed by atoms with Gasteiger partial charge in [0.25, 0.3) is 0 Å². The lowest BCUT2D eigenvalue weighted by atomic mass is 9.90. The molecule has 138 valence electrons. The molecular formula is C15H18F3N3O4. The molecule has 1 unspecified atom stereocenters. The molecule has 1 fully saturated rings. The number of alkyl halides is 3. The van der Waals surface area contributed by atoms with Crippen LogP contribution in [0.1, 0.15) is 18.9 Å². The van der Waals surface area contributed by atoms with Gasteiger partial charge in [-0.3, -0.25) is 4.79 Å². The predicted octanol–water partition coefficient (Wildman–Crippen LogP) is 1.99. The van der Waals surface area contributed by atoms with Gasteiger partial charge in [-0.1, -0.05) is 0 Å². The highest BCUT2D eigenvalue weighted by Gasteiger charge is 2.42. The number of nitrogens with zero attached hydrogens (tertiary/aromatic N) is 2. The third-order valence-corrected chi connectivity index (χ3v) is 3.97. The Morgan fingerprint density at radius 1 is 1.48 bits per heavy atom. The lowest BCUT2D eigenvalue weighted by molar-refractivity contribution is -0.147. The standard InChI is InChI=1S/C15H18F3N3O4/c1-14(12(22)23)4-7-21(9-14)13(24)20-6-8-25-11-10(15(16,17)18)3-2-5-19-11/h2-3,5H,4,6-9H2,1H3,(H,20,24)(H,22,23). The van der Waals surface area contributed by atoms with Gasteiger partial charge in [0.1, 0.15) is 12.2 Å². The molecule has 2 heterocycles. The van der Waals surface area contributed by atoms with Crippen LogP contribution in [0.3, 0.4) is 0 Å². The van der Waals surface area contributed by atoms with Gasteiger partial charge in [-0.25, -0.2) is 9.78 Å². The molecule has 1 aromatic rings. The van der Waals surface area contributed by atoms with Gasteiger partial charge in [-0.15, -0.1) is 0 Å². The number of carbonyl (C=O) groups excluding carboxylic acids is 1. The fourth-order valence-corrected chi connectivity index (χ4v) is 2.45. The fraction of sp³-hybridized carbons (Fsp3) is 0.533. The molecule has 1 aliphatic heterocycles. The molecule has 25 heavy (non-hydrogen) atoms. The number of amides is 2. The van der Waals surface area contributed by atoms with Crippen LogP contribution in [0.2, 0.25) is 0 Å². The van der Waals surface area contributed by atoms with E-state index < -0.39 is 35.0 Å². The second kappa shape index (κ2) is 7.16. The molecule has 2 rings (SSSR count). The van der Waals surface area contributed by atoms with Gasteiger partial charge in [0.05, 0.1) is 12.0 Å². The summed E-state index contributed by atoms with van der Waals surface area (Å²) in [5, 5.41) is 11.6. The Morgan fingerprint density at radius 2 is 2.20 bits per heavy atom. The van der Waals surface area contributed by atoms with E-state index in [0.717, 1.165) is 12.1 Å². The Labute approximate surface area is 141 Å². The van der Waals surface area contributed by atoms with Gasteiger partial charge < -0.3 is 20.1 Å². The molecule has 0 spiro atoms.